The van der Waals surface area contributed by atoms with Gasteiger partial charge >= 0.3 is 0 Å². The average Bonchev–Trinajstić information content (AvgIpc) is 2.57. The Bertz CT molecular complexity index is 520. The molecule has 2 atom stereocenters. The van der Waals surface area contributed by atoms with Gasteiger partial charge in [-0.1, -0.05) is 0 Å². The number of piperazine rings is 1. The van der Waals surface area contributed by atoms with Crippen LogP contribution in [-0.2, 0) is 4.74 Å². The molecular formula is C17H26N4O. The number of hydrogen-bond acceptors (Lipinski definition) is 5. The highest BCUT2D eigenvalue weighted by molar-refractivity contribution is 5.86. The topological polar surface area (TPSA) is 69.2 Å². The summed E-state index contributed by atoms with van der Waals surface area (Å²) in [7, 11) is 0. The van der Waals surface area contributed by atoms with E-state index in [-0.39, 0.29) is 6.23 Å². The van der Waals surface area contributed by atoms with Crippen LogP contribution in [0.5, 0.6) is 0 Å². The van der Waals surface area contributed by atoms with E-state index in [0.29, 0.717) is 6.04 Å². The highest BCUT2D eigenvalue weighted by Gasteiger charge is 2.19. The summed E-state index contributed by atoms with van der Waals surface area (Å²) in [5.41, 5.74) is 4.47. The summed E-state index contributed by atoms with van der Waals surface area (Å²) >= 11 is 0. The van der Waals surface area contributed by atoms with Gasteiger partial charge in [-0.15, -0.1) is 0 Å². The van der Waals surface area contributed by atoms with E-state index in [0.717, 1.165) is 50.3 Å². The Morgan fingerprint density at radius 2 is 2.23 bits per heavy atom. The molecule has 0 spiro atoms. The van der Waals surface area contributed by atoms with Crippen LogP contribution in [0.1, 0.15) is 42.0 Å². The average molecular weight is 302 g/mol. The molecule has 2 heterocycles. The predicted molar refractivity (Wildman–Crippen MR) is 89.9 cm³/mol. The molecule has 0 radical (unpaired) electrons. The molecule has 0 saturated carbocycles. The minimum atomic E-state index is 0.0761. The van der Waals surface area contributed by atoms with E-state index in [1.807, 2.05) is 0 Å². The molecule has 0 aliphatic carbocycles. The second-order valence-electron chi connectivity index (χ2n) is 6.15. The van der Waals surface area contributed by atoms with Gasteiger partial charge in [0.15, 0.2) is 0 Å². The third-order valence-corrected chi connectivity index (χ3v) is 4.51. The maximum absolute atomic E-state index is 7.74. The third kappa shape index (κ3) is 3.48. The number of ether oxygens (including phenoxy) is 1. The van der Waals surface area contributed by atoms with Gasteiger partial charge in [0.05, 0.1) is 0 Å². The summed E-state index contributed by atoms with van der Waals surface area (Å²) < 4.78 is 5.76. The van der Waals surface area contributed by atoms with Gasteiger partial charge in [-0.2, -0.15) is 0 Å². The molecule has 5 heteroatoms. The van der Waals surface area contributed by atoms with Crippen molar-refractivity contribution in [3.05, 3.63) is 28.8 Å². The Balaban J connectivity index is 1.81. The molecule has 2 unspecified atom stereocenters. The number of hydrogen-bond donors (Lipinski definition) is 4. The van der Waals surface area contributed by atoms with Crippen molar-refractivity contribution in [1.82, 2.24) is 10.6 Å². The number of rotatable bonds is 4. The molecule has 3 rings (SSSR count). The van der Waals surface area contributed by atoms with E-state index >= 15 is 0 Å². The fraction of sp³-hybridized carbons (Fsp3) is 0.588. The molecule has 4 N–H and O–H groups in total. The molecule has 0 aromatic heterocycles. The van der Waals surface area contributed by atoms with E-state index in [2.05, 4.69) is 35.0 Å². The predicted octanol–water partition coefficient (Wildman–Crippen LogP) is 2.17. The molecule has 22 heavy (non-hydrogen) atoms. The quantitative estimate of drug-likeness (QED) is 0.643. The fourth-order valence-corrected chi connectivity index (χ4v) is 3.26. The smallest absolute Gasteiger partial charge is 0.127 e. The molecule has 0 amide bonds. The largest absolute Gasteiger partial charge is 0.360 e. The van der Waals surface area contributed by atoms with Gasteiger partial charge in [0.1, 0.15) is 6.23 Å². The summed E-state index contributed by atoms with van der Waals surface area (Å²) in [6.45, 7) is 5.92. The van der Waals surface area contributed by atoms with Crippen LogP contribution in [0, 0.1) is 12.3 Å². The zero-order valence-corrected chi connectivity index (χ0v) is 13.2. The lowest BCUT2D eigenvalue weighted by atomic mass is 9.96. The number of anilines is 1. The molecule has 2 aliphatic heterocycles. The molecule has 1 aromatic rings. The van der Waals surface area contributed by atoms with Gasteiger partial charge in [-0.05, 0) is 49.4 Å². The molecule has 2 aliphatic rings. The van der Waals surface area contributed by atoms with Crippen LogP contribution in [0.25, 0.3) is 0 Å². The first-order valence-corrected chi connectivity index (χ1v) is 8.25. The third-order valence-electron chi connectivity index (χ3n) is 4.51. The first-order chi connectivity index (χ1) is 10.8. The standard InChI is InChI=1S/C17H26N4O/c1-12-8-15(21-17-4-2-3-7-22-17)13(10-18)9-14(12)16-11-19-5-6-20-16/h8-10,16-21H,2-7,11H2,1H3. The van der Waals surface area contributed by atoms with Crippen LogP contribution in [0.2, 0.25) is 0 Å². The van der Waals surface area contributed by atoms with Gasteiger partial charge in [-0.3, -0.25) is 0 Å². The van der Waals surface area contributed by atoms with Crippen LogP contribution in [0.15, 0.2) is 12.1 Å². The van der Waals surface area contributed by atoms with E-state index < -0.39 is 0 Å². The number of benzene rings is 1. The van der Waals surface area contributed by atoms with E-state index in [1.165, 1.54) is 23.8 Å². The van der Waals surface area contributed by atoms with Gasteiger partial charge in [-0.25, -0.2) is 0 Å². The van der Waals surface area contributed by atoms with E-state index in [4.69, 9.17) is 10.1 Å². The normalized spacial score (nSPS) is 25.7. The van der Waals surface area contributed by atoms with Gasteiger partial charge in [0.2, 0.25) is 0 Å². The Hall–Kier alpha value is -1.43. The lowest BCUT2D eigenvalue weighted by Gasteiger charge is -2.28. The first kappa shape index (κ1) is 15.5. The second kappa shape index (κ2) is 7.22. The fourth-order valence-electron chi connectivity index (χ4n) is 3.26. The van der Waals surface area contributed by atoms with Crippen molar-refractivity contribution in [3.8, 4) is 0 Å². The molecule has 2 fully saturated rings. The Morgan fingerprint density at radius 1 is 1.32 bits per heavy atom. The number of aryl methyl sites for hydroxylation is 1. The van der Waals surface area contributed by atoms with Crippen molar-refractivity contribution in [1.29, 1.82) is 5.41 Å². The number of nitrogens with one attached hydrogen (secondary N) is 4. The summed E-state index contributed by atoms with van der Waals surface area (Å²) in [5, 5.41) is 18.2. The Kier molecular flexibility index (Phi) is 5.08. The van der Waals surface area contributed by atoms with Crippen molar-refractivity contribution in [3.63, 3.8) is 0 Å². The zero-order chi connectivity index (χ0) is 15.4. The second-order valence-corrected chi connectivity index (χ2v) is 6.15. The van der Waals surface area contributed by atoms with Crippen LogP contribution < -0.4 is 16.0 Å². The maximum Gasteiger partial charge on any atom is 0.127 e. The summed E-state index contributed by atoms with van der Waals surface area (Å²) in [4.78, 5) is 0. The van der Waals surface area contributed by atoms with Crippen molar-refractivity contribution < 1.29 is 4.74 Å². The highest BCUT2D eigenvalue weighted by Crippen LogP contribution is 2.27. The minimum Gasteiger partial charge on any atom is -0.360 e. The Labute approximate surface area is 132 Å². The summed E-state index contributed by atoms with van der Waals surface area (Å²) in [6.07, 6.45) is 4.89. The summed E-state index contributed by atoms with van der Waals surface area (Å²) in [6, 6.07) is 4.62. The Morgan fingerprint density at radius 3 is 2.91 bits per heavy atom. The first-order valence-electron chi connectivity index (χ1n) is 8.25. The van der Waals surface area contributed by atoms with Gasteiger partial charge in [0, 0.05) is 49.7 Å². The minimum absolute atomic E-state index is 0.0761. The van der Waals surface area contributed by atoms with Gasteiger partial charge in [0.25, 0.3) is 0 Å². The SMILES string of the molecule is Cc1cc(NC2CCCCO2)c(C=N)cc1C1CNCCN1. The van der Waals surface area contributed by atoms with Crippen molar-refractivity contribution in [2.75, 3.05) is 31.6 Å². The lowest BCUT2D eigenvalue weighted by molar-refractivity contribution is 0.0343. The molecule has 1 aromatic carbocycles. The molecule has 0 bridgehead atoms. The van der Waals surface area contributed by atoms with E-state index in [9.17, 15) is 0 Å². The van der Waals surface area contributed by atoms with Crippen LogP contribution in [0.4, 0.5) is 5.69 Å². The monoisotopic (exact) mass is 302 g/mol. The highest BCUT2D eigenvalue weighted by atomic mass is 16.5. The lowest BCUT2D eigenvalue weighted by Crippen LogP contribution is -2.42. The summed E-state index contributed by atoms with van der Waals surface area (Å²) in [5.74, 6) is 0. The van der Waals surface area contributed by atoms with Gasteiger partial charge < -0.3 is 26.1 Å². The van der Waals surface area contributed by atoms with Crippen molar-refractivity contribution >= 4 is 11.9 Å². The molecule has 5 nitrogen and oxygen atoms in total. The maximum atomic E-state index is 7.74. The van der Waals surface area contributed by atoms with Crippen LogP contribution in [-0.4, -0.2) is 38.7 Å². The van der Waals surface area contributed by atoms with Crippen LogP contribution >= 0.6 is 0 Å². The van der Waals surface area contributed by atoms with Crippen LogP contribution in [0.3, 0.4) is 0 Å². The zero-order valence-electron chi connectivity index (χ0n) is 13.2. The molecular weight excluding hydrogens is 276 g/mol. The van der Waals surface area contributed by atoms with E-state index in [1.54, 1.807) is 0 Å². The van der Waals surface area contributed by atoms with Crippen molar-refractivity contribution in [2.24, 2.45) is 0 Å². The van der Waals surface area contributed by atoms with Crippen molar-refractivity contribution in [2.45, 2.75) is 38.5 Å². The molecule has 2 saturated heterocycles. The molecule has 120 valence electrons.